The van der Waals surface area contributed by atoms with E-state index in [4.69, 9.17) is 9.47 Å². The number of hydrogen-bond donors (Lipinski definition) is 0. The number of ether oxygens (including phenoxy) is 2. The van der Waals surface area contributed by atoms with E-state index in [0.29, 0.717) is 0 Å². The maximum Gasteiger partial charge on any atom is 0.119 e. The normalized spacial score (nSPS) is 13.8. The molecule has 0 spiro atoms. The van der Waals surface area contributed by atoms with Crippen LogP contribution in [0.3, 0.4) is 0 Å². The van der Waals surface area contributed by atoms with Gasteiger partial charge in [-0.05, 0) is 30.2 Å². The number of methoxy groups -OCH3 is 1. The number of alkyl halides is 1. The van der Waals surface area contributed by atoms with Crippen LogP contribution in [0.15, 0.2) is 54.6 Å². The molecule has 0 aliphatic carbocycles. The molecule has 0 aliphatic heterocycles. The minimum atomic E-state index is 0.0703. The molecule has 2 unspecified atom stereocenters. The van der Waals surface area contributed by atoms with Gasteiger partial charge in [-0.2, -0.15) is 0 Å². The molecule has 0 heterocycles. The summed E-state index contributed by atoms with van der Waals surface area (Å²) in [6.45, 7) is 2.09. The van der Waals surface area contributed by atoms with E-state index in [1.165, 1.54) is 5.56 Å². The van der Waals surface area contributed by atoms with Gasteiger partial charge < -0.3 is 9.47 Å². The number of rotatable bonds is 6. The molecule has 2 aromatic rings. The molecule has 0 saturated heterocycles. The molecule has 2 aromatic carbocycles. The molecule has 0 saturated carbocycles. The lowest BCUT2D eigenvalue weighted by Gasteiger charge is -2.22. The van der Waals surface area contributed by atoms with Gasteiger partial charge in [0.25, 0.3) is 0 Å². The molecule has 3 heteroatoms. The summed E-state index contributed by atoms with van der Waals surface area (Å²) in [7, 11) is 1.69. The molecule has 0 aliphatic rings. The van der Waals surface area contributed by atoms with Gasteiger partial charge >= 0.3 is 0 Å². The molecule has 106 valence electrons. The highest BCUT2D eigenvalue weighted by atomic mass is 127. The van der Waals surface area contributed by atoms with Crippen molar-refractivity contribution < 1.29 is 9.47 Å². The fourth-order valence-corrected chi connectivity index (χ4v) is 2.81. The summed E-state index contributed by atoms with van der Waals surface area (Å²) in [5.41, 5.74) is 2.35. The van der Waals surface area contributed by atoms with Crippen LogP contribution in [-0.2, 0) is 4.74 Å². The monoisotopic (exact) mass is 382 g/mol. The van der Waals surface area contributed by atoms with Crippen molar-refractivity contribution in [3.63, 3.8) is 0 Å². The molecule has 20 heavy (non-hydrogen) atoms. The summed E-state index contributed by atoms with van der Waals surface area (Å²) in [4.78, 5) is 0. The standard InChI is InChI=1S/C17H19IO2/c1-13(14-7-4-3-5-8-14)20-17(12-18)15-9-6-10-16(11-15)19-2/h3-11,13,17H,12H2,1-2H3. The van der Waals surface area contributed by atoms with Crippen LogP contribution in [-0.4, -0.2) is 11.5 Å². The highest BCUT2D eigenvalue weighted by Crippen LogP contribution is 2.29. The minimum absolute atomic E-state index is 0.0703. The van der Waals surface area contributed by atoms with E-state index >= 15 is 0 Å². The van der Waals surface area contributed by atoms with Crippen molar-refractivity contribution in [1.29, 1.82) is 0 Å². The molecule has 0 amide bonds. The average Bonchev–Trinajstić information content (AvgIpc) is 2.53. The Morgan fingerprint density at radius 1 is 1.00 bits per heavy atom. The van der Waals surface area contributed by atoms with Crippen molar-refractivity contribution in [1.82, 2.24) is 0 Å². The van der Waals surface area contributed by atoms with Crippen molar-refractivity contribution in [2.75, 3.05) is 11.5 Å². The summed E-state index contributed by atoms with van der Waals surface area (Å²) >= 11 is 2.36. The lowest BCUT2D eigenvalue weighted by Crippen LogP contribution is -2.09. The molecule has 2 atom stereocenters. The lowest BCUT2D eigenvalue weighted by molar-refractivity contribution is 0.0102. The van der Waals surface area contributed by atoms with Gasteiger partial charge in [-0.1, -0.05) is 65.1 Å². The zero-order valence-electron chi connectivity index (χ0n) is 11.8. The first-order chi connectivity index (χ1) is 9.74. The maximum absolute atomic E-state index is 6.21. The number of hydrogen-bond acceptors (Lipinski definition) is 2. The number of benzene rings is 2. The predicted octanol–water partition coefficient (Wildman–Crippen LogP) is 4.95. The molecular weight excluding hydrogens is 363 g/mol. The summed E-state index contributed by atoms with van der Waals surface area (Å²) in [6.07, 6.45) is 0.142. The van der Waals surface area contributed by atoms with Gasteiger partial charge in [-0.3, -0.25) is 0 Å². The largest absolute Gasteiger partial charge is 0.497 e. The zero-order chi connectivity index (χ0) is 14.4. The molecule has 0 aromatic heterocycles. The van der Waals surface area contributed by atoms with Gasteiger partial charge in [-0.15, -0.1) is 0 Å². The highest BCUT2D eigenvalue weighted by Gasteiger charge is 2.16. The maximum atomic E-state index is 6.21. The molecule has 2 rings (SSSR count). The van der Waals surface area contributed by atoms with Crippen LogP contribution in [0.25, 0.3) is 0 Å². The molecule has 2 nitrogen and oxygen atoms in total. The molecule has 0 fully saturated rings. The Balaban J connectivity index is 2.12. The SMILES string of the molecule is COc1cccc(C(CI)OC(C)c2ccccc2)c1. The summed E-state index contributed by atoms with van der Waals surface area (Å²) in [6, 6.07) is 18.4. The first kappa shape index (κ1) is 15.3. The van der Waals surface area contributed by atoms with Gasteiger partial charge in [0.05, 0.1) is 19.3 Å². The second-order valence-corrected chi connectivity index (χ2v) is 5.49. The van der Waals surface area contributed by atoms with E-state index in [2.05, 4.69) is 47.7 Å². The fraction of sp³-hybridized carbons (Fsp3) is 0.294. The molecular formula is C17H19IO2. The van der Waals surface area contributed by atoms with E-state index in [-0.39, 0.29) is 12.2 Å². The smallest absolute Gasteiger partial charge is 0.119 e. The van der Waals surface area contributed by atoms with Crippen molar-refractivity contribution in [2.45, 2.75) is 19.1 Å². The average molecular weight is 382 g/mol. The molecule has 0 radical (unpaired) electrons. The second kappa shape index (κ2) is 7.64. The third kappa shape index (κ3) is 3.96. The number of halogens is 1. The van der Waals surface area contributed by atoms with Crippen LogP contribution >= 0.6 is 22.6 Å². The lowest BCUT2D eigenvalue weighted by atomic mass is 10.1. The minimum Gasteiger partial charge on any atom is -0.497 e. The zero-order valence-corrected chi connectivity index (χ0v) is 13.9. The van der Waals surface area contributed by atoms with Gasteiger partial charge in [0.2, 0.25) is 0 Å². The highest BCUT2D eigenvalue weighted by molar-refractivity contribution is 14.1. The fourth-order valence-electron chi connectivity index (χ4n) is 2.09. The molecule has 0 N–H and O–H groups in total. The first-order valence-electron chi connectivity index (χ1n) is 6.65. The van der Waals surface area contributed by atoms with Gasteiger partial charge in [-0.25, -0.2) is 0 Å². The van der Waals surface area contributed by atoms with Gasteiger partial charge in [0.15, 0.2) is 0 Å². The quantitative estimate of drug-likeness (QED) is 0.520. The Morgan fingerprint density at radius 3 is 2.35 bits per heavy atom. The van der Waals surface area contributed by atoms with E-state index in [9.17, 15) is 0 Å². The Hall–Kier alpha value is -1.07. The second-order valence-electron chi connectivity index (χ2n) is 4.61. The summed E-state index contributed by atoms with van der Waals surface area (Å²) < 4.78 is 12.4. The van der Waals surface area contributed by atoms with Crippen molar-refractivity contribution in [3.8, 4) is 5.75 Å². The molecule has 0 bridgehead atoms. The van der Waals surface area contributed by atoms with Crippen LogP contribution in [0.1, 0.15) is 30.3 Å². The van der Waals surface area contributed by atoms with Crippen LogP contribution < -0.4 is 4.74 Å². The Bertz CT molecular complexity index is 528. The van der Waals surface area contributed by atoms with Crippen molar-refractivity contribution in [2.24, 2.45) is 0 Å². The van der Waals surface area contributed by atoms with Crippen molar-refractivity contribution in [3.05, 3.63) is 65.7 Å². The van der Waals surface area contributed by atoms with Crippen LogP contribution in [0.5, 0.6) is 5.75 Å². The van der Waals surface area contributed by atoms with Crippen molar-refractivity contribution >= 4 is 22.6 Å². The predicted molar refractivity (Wildman–Crippen MR) is 90.6 cm³/mol. The van der Waals surface area contributed by atoms with E-state index < -0.39 is 0 Å². The first-order valence-corrected chi connectivity index (χ1v) is 8.17. The summed E-state index contributed by atoms with van der Waals surface area (Å²) in [5.74, 6) is 0.869. The van der Waals surface area contributed by atoms with E-state index in [1.807, 2.05) is 36.4 Å². The van der Waals surface area contributed by atoms with Gasteiger partial charge in [0.1, 0.15) is 5.75 Å². The Morgan fingerprint density at radius 2 is 1.70 bits per heavy atom. The summed E-state index contributed by atoms with van der Waals surface area (Å²) in [5, 5.41) is 0. The third-order valence-electron chi connectivity index (χ3n) is 3.24. The van der Waals surface area contributed by atoms with Crippen LogP contribution in [0, 0.1) is 0 Å². The third-order valence-corrected chi connectivity index (χ3v) is 4.04. The Labute approximate surface area is 134 Å². The Kier molecular flexibility index (Phi) is 5.86. The van der Waals surface area contributed by atoms with Crippen LogP contribution in [0.4, 0.5) is 0 Å². The van der Waals surface area contributed by atoms with E-state index in [1.54, 1.807) is 7.11 Å². The van der Waals surface area contributed by atoms with Crippen LogP contribution in [0.2, 0.25) is 0 Å². The van der Waals surface area contributed by atoms with Gasteiger partial charge in [0, 0.05) is 4.43 Å². The van der Waals surface area contributed by atoms with E-state index in [0.717, 1.165) is 15.7 Å². The topological polar surface area (TPSA) is 18.5 Å².